The first-order valence-electron chi connectivity index (χ1n) is 2.61. The lowest BCUT2D eigenvalue weighted by atomic mass is 10.5. The van der Waals surface area contributed by atoms with Crippen LogP contribution >= 0.6 is 0 Å². The molecule has 0 rings (SSSR count). The highest BCUT2D eigenvalue weighted by atomic mass is 32.2. The summed E-state index contributed by atoms with van der Waals surface area (Å²) in [7, 11) is -4.00. The SMILES string of the molecule is CCC(=O)NS(=O)(=O)CF. The van der Waals surface area contributed by atoms with Crippen molar-refractivity contribution in [3.05, 3.63) is 0 Å². The standard InChI is InChI=1S/C4H8FNO3S/c1-2-4(7)6-10(8,9)3-5/h2-3H2,1H3,(H,6,7). The number of nitrogens with one attached hydrogen (secondary N) is 1. The molecule has 1 amide bonds. The fourth-order valence-electron chi connectivity index (χ4n) is 0.273. The first-order chi connectivity index (χ1) is 4.52. The van der Waals surface area contributed by atoms with E-state index in [1.54, 1.807) is 0 Å². The van der Waals surface area contributed by atoms with Crippen LogP contribution in [-0.2, 0) is 14.8 Å². The summed E-state index contributed by atoms with van der Waals surface area (Å²) in [4.78, 5) is 10.3. The maximum Gasteiger partial charge on any atom is 0.264 e. The van der Waals surface area contributed by atoms with E-state index in [2.05, 4.69) is 0 Å². The van der Waals surface area contributed by atoms with Crippen molar-refractivity contribution in [3.8, 4) is 0 Å². The van der Waals surface area contributed by atoms with Crippen LogP contribution in [0.25, 0.3) is 0 Å². The number of hydrogen-bond donors (Lipinski definition) is 1. The Morgan fingerprint density at radius 1 is 1.60 bits per heavy atom. The number of alkyl halides is 1. The molecule has 0 unspecified atom stereocenters. The molecular formula is C4H8FNO3S. The minimum atomic E-state index is -4.00. The Balaban J connectivity index is 4.03. The molecule has 0 saturated carbocycles. The van der Waals surface area contributed by atoms with E-state index >= 15 is 0 Å². The summed E-state index contributed by atoms with van der Waals surface area (Å²) < 4.78 is 33.5. The molecule has 4 nitrogen and oxygen atoms in total. The lowest BCUT2D eigenvalue weighted by Crippen LogP contribution is -2.30. The third kappa shape index (κ3) is 3.39. The Bertz CT molecular complexity index is 211. The molecule has 0 atom stereocenters. The summed E-state index contributed by atoms with van der Waals surface area (Å²) in [6.07, 6.45) is 0.0270. The zero-order valence-electron chi connectivity index (χ0n) is 5.43. The number of rotatable bonds is 3. The van der Waals surface area contributed by atoms with Crippen molar-refractivity contribution in [2.75, 3.05) is 6.01 Å². The summed E-state index contributed by atoms with van der Waals surface area (Å²) in [5.41, 5.74) is 0. The van der Waals surface area contributed by atoms with E-state index in [1.807, 2.05) is 0 Å². The van der Waals surface area contributed by atoms with Crippen LogP contribution in [0.3, 0.4) is 0 Å². The monoisotopic (exact) mass is 169 g/mol. The zero-order chi connectivity index (χ0) is 8.20. The third-order valence-corrected chi connectivity index (χ3v) is 1.56. The van der Waals surface area contributed by atoms with E-state index in [-0.39, 0.29) is 6.42 Å². The molecule has 0 fully saturated rings. The topological polar surface area (TPSA) is 63.2 Å². The van der Waals surface area contributed by atoms with Crippen LogP contribution in [0.4, 0.5) is 4.39 Å². The lowest BCUT2D eigenvalue weighted by Gasteiger charge is -1.98. The fraction of sp³-hybridized carbons (Fsp3) is 0.750. The Hall–Kier alpha value is -0.650. The fourth-order valence-corrected chi connectivity index (χ4v) is 0.819. The van der Waals surface area contributed by atoms with Gasteiger partial charge in [-0.2, -0.15) is 0 Å². The van der Waals surface area contributed by atoms with E-state index < -0.39 is 21.9 Å². The molecule has 0 spiro atoms. The molecule has 60 valence electrons. The highest BCUT2D eigenvalue weighted by Crippen LogP contribution is 1.85. The number of carbonyl (C=O) groups excluding carboxylic acids is 1. The summed E-state index contributed by atoms with van der Waals surface area (Å²) in [6, 6.07) is -1.56. The van der Waals surface area contributed by atoms with Gasteiger partial charge in [-0.1, -0.05) is 6.92 Å². The van der Waals surface area contributed by atoms with Crippen molar-refractivity contribution in [2.45, 2.75) is 13.3 Å². The average molecular weight is 169 g/mol. The van der Waals surface area contributed by atoms with Gasteiger partial charge in [0.05, 0.1) is 0 Å². The Labute approximate surface area is 58.5 Å². The van der Waals surface area contributed by atoms with Crippen molar-refractivity contribution in [3.63, 3.8) is 0 Å². The van der Waals surface area contributed by atoms with Crippen molar-refractivity contribution < 1.29 is 17.6 Å². The maximum absolute atomic E-state index is 11.5. The van der Waals surface area contributed by atoms with Gasteiger partial charge in [-0.25, -0.2) is 12.8 Å². The number of hydrogen-bond acceptors (Lipinski definition) is 3. The van der Waals surface area contributed by atoms with Crippen LogP contribution in [0.5, 0.6) is 0 Å². The lowest BCUT2D eigenvalue weighted by molar-refractivity contribution is -0.119. The first kappa shape index (κ1) is 9.35. The molecule has 6 heteroatoms. The highest BCUT2D eigenvalue weighted by Gasteiger charge is 2.11. The molecule has 0 aromatic carbocycles. The van der Waals surface area contributed by atoms with Gasteiger partial charge in [0, 0.05) is 6.42 Å². The Morgan fingerprint density at radius 3 is 2.40 bits per heavy atom. The summed E-state index contributed by atoms with van der Waals surface area (Å²) >= 11 is 0. The Morgan fingerprint density at radius 2 is 2.10 bits per heavy atom. The Kier molecular flexibility index (Phi) is 3.27. The van der Waals surface area contributed by atoms with Crippen molar-refractivity contribution >= 4 is 15.9 Å². The van der Waals surface area contributed by atoms with E-state index in [9.17, 15) is 17.6 Å². The smallest absolute Gasteiger partial charge is 0.264 e. The normalized spacial score (nSPS) is 11.0. The average Bonchev–Trinajstić information content (AvgIpc) is 1.87. The molecule has 0 radical (unpaired) electrons. The summed E-state index contributed by atoms with van der Waals surface area (Å²) in [5, 5.41) is 0. The first-order valence-corrected chi connectivity index (χ1v) is 4.26. The van der Waals surface area contributed by atoms with Crippen LogP contribution < -0.4 is 4.72 Å². The van der Waals surface area contributed by atoms with Crippen LogP contribution in [-0.4, -0.2) is 20.3 Å². The van der Waals surface area contributed by atoms with Gasteiger partial charge in [0.25, 0.3) is 10.0 Å². The van der Waals surface area contributed by atoms with Gasteiger partial charge in [0.2, 0.25) is 11.9 Å². The zero-order valence-corrected chi connectivity index (χ0v) is 6.24. The number of sulfonamides is 1. The minimum absolute atomic E-state index is 0.0270. The van der Waals surface area contributed by atoms with Crippen LogP contribution in [0.1, 0.15) is 13.3 Å². The van der Waals surface area contributed by atoms with Gasteiger partial charge in [-0.05, 0) is 0 Å². The molecule has 10 heavy (non-hydrogen) atoms. The molecule has 0 bridgehead atoms. The van der Waals surface area contributed by atoms with E-state index in [0.29, 0.717) is 0 Å². The van der Waals surface area contributed by atoms with Crippen LogP contribution in [0.15, 0.2) is 0 Å². The molecule has 0 aromatic heterocycles. The van der Waals surface area contributed by atoms with Crippen molar-refractivity contribution in [1.82, 2.24) is 4.72 Å². The van der Waals surface area contributed by atoms with Gasteiger partial charge in [-0.3, -0.25) is 9.52 Å². The third-order valence-electron chi connectivity index (χ3n) is 0.734. The van der Waals surface area contributed by atoms with Crippen molar-refractivity contribution in [2.24, 2.45) is 0 Å². The van der Waals surface area contributed by atoms with Crippen LogP contribution in [0, 0.1) is 0 Å². The molecule has 1 N–H and O–H groups in total. The molecule has 0 heterocycles. The molecule has 0 aromatic rings. The summed E-state index contributed by atoms with van der Waals surface area (Å²) in [6.45, 7) is 1.48. The van der Waals surface area contributed by atoms with E-state index in [4.69, 9.17) is 0 Å². The van der Waals surface area contributed by atoms with Gasteiger partial charge < -0.3 is 0 Å². The second kappa shape index (κ2) is 3.50. The number of halogens is 1. The predicted octanol–water partition coefficient (Wildman–Crippen LogP) is -0.231. The van der Waals surface area contributed by atoms with E-state index in [1.165, 1.54) is 11.6 Å². The van der Waals surface area contributed by atoms with E-state index in [0.717, 1.165) is 0 Å². The second-order valence-electron chi connectivity index (χ2n) is 1.60. The minimum Gasteiger partial charge on any atom is -0.274 e. The molecule has 0 aliphatic rings. The molecule has 0 aliphatic carbocycles. The maximum atomic E-state index is 11.5. The summed E-state index contributed by atoms with van der Waals surface area (Å²) in [5.74, 6) is -0.697. The second-order valence-corrected chi connectivity index (χ2v) is 3.25. The van der Waals surface area contributed by atoms with Gasteiger partial charge in [-0.15, -0.1) is 0 Å². The quantitative estimate of drug-likeness (QED) is 0.634. The number of carbonyl (C=O) groups is 1. The number of amides is 1. The van der Waals surface area contributed by atoms with Gasteiger partial charge >= 0.3 is 0 Å². The predicted molar refractivity (Wildman–Crippen MR) is 33.3 cm³/mol. The van der Waals surface area contributed by atoms with Gasteiger partial charge in [0.15, 0.2) is 0 Å². The molecule has 0 aliphatic heterocycles. The van der Waals surface area contributed by atoms with Crippen molar-refractivity contribution in [1.29, 1.82) is 0 Å². The molecule has 0 saturated heterocycles. The highest BCUT2D eigenvalue weighted by molar-refractivity contribution is 7.89. The van der Waals surface area contributed by atoms with Gasteiger partial charge in [0.1, 0.15) is 0 Å². The van der Waals surface area contributed by atoms with Crippen LogP contribution in [0.2, 0.25) is 0 Å². The largest absolute Gasteiger partial charge is 0.274 e. The molecular weight excluding hydrogens is 161 g/mol.